The van der Waals surface area contributed by atoms with Crippen molar-refractivity contribution < 1.29 is 23.9 Å². The summed E-state index contributed by atoms with van der Waals surface area (Å²) in [6, 6.07) is 14.4. The molecule has 4 N–H and O–H groups in total. The number of ether oxygens (including phenoxy) is 2. The van der Waals surface area contributed by atoms with E-state index in [1.807, 2.05) is 43.3 Å². The highest BCUT2D eigenvalue weighted by Gasteiger charge is 2.58. The highest BCUT2D eigenvalue weighted by atomic mass is 16.5. The normalized spacial score (nSPS) is 29.0. The molecule has 2 bridgehead atoms. The zero-order valence-electron chi connectivity index (χ0n) is 29.8. The summed E-state index contributed by atoms with van der Waals surface area (Å²) >= 11 is 0. The molecule has 2 unspecified atom stereocenters. The number of nitrogens with one attached hydrogen (secondary N) is 4. The van der Waals surface area contributed by atoms with Crippen LogP contribution in [0, 0.1) is 17.3 Å². The fraction of sp³-hybridized carbons (Fsp3) is 0.513. The molecule has 2 aromatic carbocycles. The van der Waals surface area contributed by atoms with E-state index in [2.05, 4.69) is 45.9 Å². The van der Waals surface area contributed by atoms with Gasteiger partial charge in [-0.25, -0.2) is 4.98 Å². The lowest BCUT2D eigenvalue weighted by Gasteiger charge is -2.45. The molecule has 0 radical (unpaired) electrons. The van der Waals surface area contributed by atoms with E-state index in [0.717, 1.165) is 48.1 Å². The van der Waals surface area contributed by atoms with Crippen LogP contribution in [-0.2, 0) is 32.2 Å². The van der Waals surface area contributed by atoms with Gasteiger partial charge in [0, 0.05) is 48.7 Å². The lowest BCUT2D eigenvalue weighted by atomic mass is 9.64. The van der Waals surface area contributed by atoms with Crippen LogP contribution in [0.15, 0.2) is 54.7 Å². The maximum absolute atomic E-state index is 14.5. The first-order valence-corrected chi connectivity index (χ1v) is 18.3. The summed E-state index contributed by atoms with van der Waals surface area (Å²) in [6.45, 7) is 7.84. The van der Waals surface area contributed by atoms with Crippen molar-refractivity contribution in [3.8, 4) is 5.75 Å². The zero-order chi connectivity index (χ0) is 35.5. The van der Waals surface area contributed by atoms with Crippen LogP contribution in [0.25, 0.3) is 11.0 Å². The maximum Gasteiger partial charge on any atom is 0.270 e. The number of hydrogen-bond acceptors (Lipinski definition) is 7. The lowest BCUT2D eigenvalue weighted by molar-refractivity contribution is -0.137. The number of aromatic amines is 1. The first kappa shape index (κ1) is 33.4. The predicted molar refractivity (Wildman–Crippen MR) is 190 cm³/mol. The number of H-pyrrole nitrogens is 1. The number of imidazole rings is 1. The third-order valence-corrected chi connectivity index (χ3v) is 12.6. The second-order valence-electron chi connectivity index (χ2n) is 15.5. The van der Waals surface area contributed by atoms with Crippen LogP contribution in [0.4, 0.5) is 0 Å². The molecule has 3 amide bonds. The van der Waals surface area contributed by atoms with Gasteiger partial charge in [-0.3, -0.25) is 19.1 Å². The molecule has 5 atom stereocenters. The molecule has 2 aromatic heterocycles. The van der Waals surface area contributed by atoms with Gasteiger partial charge in [-0.05, 0) is 74.8 Å². The third-order valence-electron chi connectivity index (χ3n) is 12.6. The van der Waals surface area contributed by atoms with Crippen molar-refractivity contribution >= 4 is 28.8 Å². The summed E-state index contributed by atoms with van der Waals surface area (Å²) in [5.74, 6) is 1.49. The Kier molecular flexibility index (Phi) is 8.20. The number of benzene rings is 2. The van der Waals surface area contributed by atoms with E-state index in [-0.39, 0.29) is 35.7 Å². The molecular weight excluding hydrogens is 646 g/mol. The highest BCUT2D eigenvalue weighted by molar-refractivity contribution is 5.95. The standard InChI is InChI=1S/C39H47N7O5/c1-5-40-35(48)32(38-14-12-24(19-38)20-38)45-36(49)39(15-17-50-22-39)25-10-11-27-28(18-25)43-33(42-27)31(44-34(47)29-13-16-41-46(29)4)37(3)23(2)21-51-30-9-7-6-8-26(30)37/h6-11,13,16,18,23-24,31-32H,5,12,14-15,17,19-22H2,1-4H3,(H,40,48)(H,42,43)(H,44,47)(H,45,49)/t23?,24?,31-,32+,37+,38?,39?/m1/s1. The van der Waals surface area contributed by atoms with Gasteiger partial charge in [-0.15, -0.1) is 0 Å². The molecule has 2 aliphatic heterocycles. The first-order valence-electron chi connectivity index (χ1n) is 18.3. The second-order valence-corrected chi connectivity index (χ2v) is 15.5. The van der Waals surface area contributed by atoms with Crippen LogP contribution < -0.4 is 20.7 Å². The molecule has 12 nitrogen and oxygen atoms in total. The molecule has 51 heavy (non-hydrogen) atoms. The third kappa shape index (κ3) is 5.32. The number of aryl methyl sites for hydroxylation is 1. The van der Waals surface area contributed by atoms with Gasteiger partial charge in [0.1, 0.15) is 23.3 Å². The molecule has 268 valence electrons. The van der Waals surface area contributed by atoms with Crippen molar-refractivity contribution in [1.29, 1.82) is 0 Å². The van der Waals surface area contributed by atoms with Gasteiger partial charge >= 0.3 is 0 Å². The second kappa shape index (κ2) is 12.5. The minimum absolute atomic E-state index is 0.0127. The van der Waals surface area contributed by atoms with Crippen molar-refractivity contribution in [2.45, 2.75) is 75.8 Å². The molecule has 12 heteroatoms. The smallest absolute Gasteiger partial charge is 0.270 e. The molecular formula is C39H47N7O5. The summed E-state index contributed by atoms with van der Waals surface area (Å²) in [6.07, 6.45) is 6.13. The van der Waals surface area contributed by atoms with E-state index >= 15 is 0 Å². The minimum atomic E-state index is -0.962. The van der Waals surface area contributed by atoms with Gasteiger partial charge in [0.15, 0.2) is 0 Å². The summed E-state index contributed by atoms with van der Waals surface area (Å²) in [5, 5.41) is 13.8. The number of carbonyl (C=O) groups excluding carboxylic acids is 3. The Balaban J connectivity index is 1.16. The first-order chi connectivity index (χ1) is 24.6. The van der Waals surface area contributed by atoms with Crippen molar-refractivity contribution in [2.75, 3.05) is 26.4 Å². The number of amides is 3. The Morgan fingerprint density at radius 2 is 1.92 bits per heavy atom. The van der Waals surface area contributed by atoms with Crippen LogP contribution in [0.5, 0.6) is 5.75 Å². The van der Waals surface area contributed by atoms with Gasteiger partial charge in [0.05, 0.1) is 35.7 Å². The number of aromatic nitrogens is 4. The van der Waals surface area contributed by atoms with Crippen molar-refractivity contribution in [1.82, 2.24) is 35.7 Å². The van der Waals surface area contributed by atoms with Gasteiger partial charge in [0.2, 0.25) is 11.8 Å². The number of carbonyl (C=O) groups is 3. The zero-order valence-corrected chi connectivity index (χ0v) is 29.8. The van der Waals surface area contributed by atoms with Crippen LogP contribution in [0.1, 0.15) is 86.4 Å². The average molecular weight is 694 g/mol. The van der Waals surface area contributed by atoms with Crippen molar-refractivity contribution in [3.05, 3.63) is 77.4 Å². The Morgan fingerprint density at radius 1 is 1.10 bits per heavy atom. The van der Waals surface area contributed by atoms with Crippen molar-refractivity contribution in [2.24, 2.45) is 24.3 Å². The molecule has 1 saturated heterocycles. The van der Waals surface area contributed by atoms with E-state index in [1.165, 1.54) is 0 Å². The van der Waals surface area contributed by atoms with Gasteiger partial charge in [-0.1, -0.05) is 38.1 Å². The molecule has 4 heterocycles. The van der Waals surface area contributed by atoms with Crippen molar-refractivity contribution in [3.63, 3.8) is 0 Å². The molecule has 9 rings (SSSR count). The topological polar surface area (TPSA) is 152 Å². The SMILES string of the molecule is CCNC(=O)[C@H](NC(=O)C1(c2ccc3nc([C@@H](NC(=O)c4ccnn4C)[C@]4(C)c5ccccc5OCC4C)[nH]c3c2)CCOC1)C12CCC(C1)C2. The molecule has 3 saturated carbocycles. The van der Waals surface area contributed by atoms with E-state index in [4.69, 9.17) is 14.5 Å². The molecule has 3 aliphatic carbocycles. The lowest BCUT2D eigenvalue weighted by Crippen LogP contribution is -2.61. The van der Waals surface area contributed by atoms with Crippen LogP contribution in [-0.4, -0.2) is 69.9 Å². The Bertz CT molecular complexity index is 1980. The number of fused-ring (bicyclic) bond motifs is 3. The van der Waals surface area contributed by atoms with E-state index < -0.39 is 22.9 Å². The van der Waals surface area contributed by atoms with Gasteiger partial charge in [0.25, 0.3) is 5.91 Å². The summed E-state index contributed by atoms with van der Waals surface area (Å²) < 4.78 is 13.6. The fourth-order valence-corrected chi connectivity index (χ4v) is 9.41. The Labute approximate surface area is 297 Å². The fourth-order valence-electron chi connectivity index (χ4n) is 9.41. The van der Waals surface area contributed by atoms with Gasteiger partial charge in [-0.2, -0.15) is 5.10 Å². The minimum Gasteiger partial charge on any atom is -0.493 e. The summed E-state index contributed by atoms with van der Waals surface area (Å²) in [5.41, 5.74) is 1.94. The number of para-hydroxylation sites is 1. The highest BCUT2D eigenvalue weighted by Crippen LogP contribution is 2.61. The number of hydrogen-bond donors (Lipinski definition) is 4. The largest absolute Gasteiger partial charge is 0.493 e. The number of likely N-dealkylation sites (N-methyl/N-ethyl adjacent to an activating group) is 1. The van der Waals surface area contributed by atoms with Crippen LogP contribution >= 0.6 is 0 Å². The van der Waals surface area contributed by atoms with Crippen LogP contribution in [0.3, 0.4) is 0 Å². The Hall–Kier alpha value is -4.71. The van der Waals surface area contributed by atoms with E-state index in [1.54, 1.807) is 24.0 Å². The molecule has 0 spiro atoms. The number of nitrogens with zero attached hydrogens (tertiary/aromatic N) is 3. The average Bonchev–Trinajstić information content (AvgIpc) is 3.96. The monoisotopic (exact) mass is 693 g/mol. The summed E-state index contributed by atoms with van der Waals surface area (Å²) in [7, 11) is 1.74. The molecule has 4 aromatic rings. The van der Waals surface area contributed by atoms with E-state index in [0.29, 0.717) is 49.1 Å². The quantitative estimate of drug-likeness (QED) is 0.194. The molecule has 4 fully saturated rings. The molecule has 5 aliphatic rings. The van der Waals surface area contributed by atoms with Gasteiger partial charge < -0.3 is 30.4 Å². The van der Waals surface area contributed by atoms with Crippen LogP contribution in [0.2, 0.25) is 0 Å². The Morgan fingerprint density at radius 3 is 2.63 bits per heavy atom. The number of rotatable bonds is 10. The summed E-state index contributed by atoms with van der Waals surface area (Å²) in [4.78, 5) is 50.3. The maximum atomic E-state index is 14.5. The predicted octanol–water partition coefficient (Wildman–Crippen LogP) is 4.22. The van der Waals surface area contributed by atoms with E-state index in [9.17, 15) is 14.4 Å².